The summed E-state index contributed by atoms with van der Waals surface area (Å²) in [6.07, 6.45) is -4.84. The van der Waals surface area contributed by atoms with E-state index in [0.717, 1.165) is 6.07 Å². The maximum absolute atomic E-state index is 13.0. The summed E-state index contributed by atoms with van der Waals surface area (Å²) in [5, 5.41) is 7.85. The first kappa shape index (κ1) is 14.9. The van der Waals surface area contributed by atoms with Crippen molar-refractivity contribution in [1.29, 1.82) is 0 Å². The Morgan fingerprint density at radius 2 is 1.95 bits per heavy atom. The lowest BCUT2D eigenvalue weighted by Crippen LogP contribution is -2.28. The molecule has 1 aliphatic rings. The Kier molecular flexibility index (Phi) is 3.56. The molecule has 0 amide bonds. The molecule has 5 N–H and O–H groups in total. The van der Waals surface area contributed by atoms with Gasteiger partial charge in [-0.15, -0.1) is 0 Å². The fourth-order valence-electron chi connectivity index (χ4n) is 2.12. The number of halogens is 3. The maximum Gasteiger partial charge on any atom is 0.417 e. The smallest absolute Gasteiger partial charge is 0.397 e. The van der Waals surface area contributed by atoms with Gasteiger partial charge in [0.2, 0.25) is 10.0 Å². The first-order valence-electron chi connectivity index (χ1n) is 5.60. The van der Waals surface area contributed by atoms with E-state index in [-0.39, 0.29) is 18.0 Å². The fourth-order valence-corrected chi connectivity index (χ4v) is 3.13. The molecule has 0 radical (unpaired) electrons. The van der Waals surface area contributed by atoms with E-state index in [1.807, 2.05) is 0 Å². The third-order valence-electron chi connectivity index (χ3n) is 2.93. The highest BCUT2D eigenvalue weighted by molar-refractivity contribution is 7.89. The van der Waals surface area contributed by atoms with Gasteiger partial charge < -0.3 is 10.6 Å². The maximum atomic E-state index is 13.0. The molecule has 0 aliphatic carbocycles. The summed E-state index contributed by atoms with van der Waals surface area (Å²) < 4.78 is 62.2. The van der Waals surface area contributed by atoms with Gasteiger partial charge in [0.1, 0.15) is 4.90 Å². The van der Waals surface area contributed by atoms with Crippen LogP contribution in [0.1, 0.15) is 5.56 Å². The fraction of sp³-hybridized carbons (Fsp3) is 0.400. The number of hydrogen-bond acceptors (Lipinski definition) is 5. The predicted molar refractivity (Wildman–Crippen MR) is 67.4 cm³/mol. The topological polar surface area (TPSA) is 101 Å². The summed E-state index contributed by atoms with van der Waals surface area (Å²) in [6.45, 7) is 1.06. The highest BCUT2D eigenvalue weighted by atomic mass is 32.2. The number of benzene rings is 1. The Bertz CT molecular complexity index is 624. The quantitative estimate of drug-likeness (QED) is 0.682. The summed E-state index contributed by atoms with van der Waals surface area (Å²) in [7, 11) is -4.58. The minimum absolute atomic E-state index is 0.0641. The first-order valence-corrected chi connectivity index (χ1v) is 7.15. The molecule has 1 aliphatic heterocycles. The van der Waals surface area contributed by atoms with Crippen LogP contribution in [0.15, 0.2) is 17.0 Å². The van der Waals surface area contributed by atoms with Crippen LogP contribution in [-0.2, 0) is 16.2 Å². The van der Waals surface area contributed by atoms with Crippen molar-refractivity contribution in [2.24, 2.45) is 5.14 Å². The summed E-state index contributed by atoms with van der Waals surface area (Å²) in [6, 6.07) is 1.66. The van der Waals surface area contributed by atoms with E-state index < -0.39 is 26.7 Å². The van der Waals surface area contributed by atoms with Crippen molar-refractivity contribution in [3.05, 3.63) is 17.7 Å². The molecular weight excluding hydrogens is 297 g/mol. The van der Waals surface area contributed by atoms with Gasteiger partial charge in [-0.25, -0.2) is 13.6 Å². The third-order valence-corrected chi connectivity index (χ3v) is 3.91. The van der Waals surface area contributed by atoms with Crippen LogP contribution in [0.4, 0.5) is 24.5 Å². The monoisotopic (exact) mass is 310 g/mol. The molecule has 0 spiro atoms. The molecular formula is C10H13F3N4O2S. The second kappa shape index (κ2) is 4.79. The molecule has 1 aromatic rings. The average molecular weight is 310 g/mol. The molecule has 20 heavy (non-hydrogen) atoms. The molecule has 6 nitrogen and oxygen atoms in total. The van der Waals surface area contributed by atoms with Gasteiger partial charge in [-0.3, -0.25) is 5.32 Å². The van der Waals surface area contributed by atoms with Gasteiger partial charge in [0.25, 0.3) is 0 Å². The molecule has 0 bridgehead atoms. The molecule has 0 unspecified atom stereocenters. The second-order valence-corrected chi connectivity index (χ2v) is 5.84. The Labute approximate surface area is 113 Å². The lowest BCUT2D eigenvalue weighted by molar-refractivity contribution is -0.139. The van der Waals surface area contributed by atoms with Crippen molar-refractivity contribution >= 4 is 21.4 Å². The number of nitrogens with zero attached hydrogens (tertiary/aromatic N) is 1. The number of sulfonamides is 1. The van der Waals surface area contributed by atoms with Gasteiger partial charge in [0, 0.05) is 13.1 Å². The lowest BCUT2D eigenvalue weighted by Gasteiger charge is -2.24. The van der Waals surface area contributed by atoms with E-state index in [0.29, 0.717) is 19.2 Å². The zero-order valence-corrected chi connectivity index (χ0v) is 11.1. The molecule has 1 saturated heterocycles. The Hall–Kier alpha value is -1.52. The van der Waals surface area contributed by atoms with Crippen LogP contribution in [0.2, 0.25) is 0 Å². The molecule has 1 aromatic carbocycles. The van der Waals surface area contributed by atoms with E-state index >= 15 is 0 Å². The highest BCUT2D eigenvalue weighted by Crippen LogP contribution is 2.41. The minimum Gasteiger partial charge on any atom is -0.397 e. The Morgan fingerprint density at radius 3 is 2.40 bits per heavy atom. The lowest BCUT2D eigenvalue weighted by atomic mass is 10.1. The van der Waals surface area contributed by atoms with Crippen molar-refractivity contribution in [1.82, 2.24) is 5.32 Å². The van der Waals surface area contributed by atoms with Gasteiger partial charge in [0.05, 0.1) is 23.6 Å². The summed E-state index contributed by atoms with van der Waals surface area (Å²) >= 11 is 0. The van der Waals surface area contributed by atoms with Crippen molar-refractivity contribution in [3.63, 3.8) is 0 Å². The normalized spacial score (nSPS) is 16.7. The molecule has 0 aromatic heterocycles. The molecule has 1 fully saturated rings. The summed E-state index contributed by atoms with van der Waals surface area (Å²) in [5.41, 5.74) is 4.08. The van der Waals surface area contributed by atoms with E-state index in [4.69, 9.17) is 10.9 Å². The van der Waals surface area contributed by atoms with Gasteiger partial charge in [-0.2, -0.15) is 13.2 Å². The largest absolute Gasteiger partial charge is 0.417 e. The zero-order chi connectivity index (χ0) is 15.1. The van der Waals surface area contributed by atoms with Crippen molar-refractivity contribution in [2.75, 3.05) is 30.4 Å². The van der Waals surface area contributed by atoms with Gasteiger partial charge in [0.15, 0.2) is 0 Å². The van der Waals surface area contributed by atoms with Crippen LogP contribution in [0.25, 0.3) is 0 Å². The van der Waals surface area contributed by atoms with Crippen molar-refractivity contribution in [2.45, 2.75) is 11.1 Å². The van der Waals surface area contributed by atoms with Crippen molar-refractivity contribution in [3.8, 4) is 0 Å². The zero-order valence-electron chi connectivity index (χ0n) is 10.2. The van der Waals surface area contributed by atoms with E-state index in [2.05, 4.69) is 5.32 Å². The van der Waals surface area contributed by atoms with Crippen LogP contribution >= 0.6 is 0 Å². The molecule has 2 rings (SSSR count). The number of hydrogen-bond donors (Lipinski definition) is 3. The number of primary sulfonamides is 1. The molecule has 1 heterocycles. The SMILES string of the molecule is Nc1ccc(C(F)(F)F)c(S(N)(=O)=O)c1N1CCNC1. The number of nitrogens with one attached hydrogen (secondary N) is 1. The number of rotatable bonds is 2. The number of anilines is 2. The highest BCUT2D eigenvalue weighted by Gasteiger charge is 2.39. The Morgan fingerprint density at radius 1 is 1.30 bits per heavy atom. The van der Waals surface area contributed by atoms with E-state index in [1.54, 1.807) is 0 Å². The summed E-state index contributed by atoms with van der Waals surface area (Å²) in [4.78, 5) is 0.443. The second-order valence-electron chi connectivity index (χ2n) is 4.34. The number of nitrogen functional groups attached to an aromatic ring is 1. The van der Waals surface area contributed by atoms with Crippen LogP contribution in [0, 0.1) is 0 Å². The Balaban J connectivity index is 2.77. The molecule has 112 valence electrons. The van der Waals surface area contributed by atoms with Crippen LogP contribution in [0.5, 0.6) is 0 Å². The minimum atomic E-state index is -4.84. The number of nitrogens with two attached hydrogens (primary N) is 2. The van der Waals surface area contributed by atoms with Crippen LogP contribution in [-0.4, -0.2) is 28.2 Å². The van der Waals surface area contributed by atoms with Gasteiger partial charge >= 0.3 is 6.18 Å². The van der Waals surface area contributed by atoms with Gasteiger partial charge in [-0.1, -0.05) is 0 Å². The summed E-state index contributed by atoms with van der Waals surface area (Å²) in [5.74, 6) is 0. The van der Waals surface area contributed by atoms with Crippen LogP contribution in [0.3, 0.4) is 0 Å². The first-order chi connectivity index (χ1) is 9.12. The molecule has 0 atom stereocenters. The molecule has 0 saturated carbocycles. The number of alkyl halides is 3. The third kappa shape index (κ3) is 2.67. The average Bonchev–Trinajstić information content (AvgIpc) is 2.78. The van der Waals surface area contributed by atoms with Crippen LogP contribution < -0.4 is 21.1 Å². The van der Waals surface area contributed by atoms with Gasteiger partial charge in [-0.05, 0) is 12.1 Å². The van der Waals surface area contributed by atoms with Crippen molar-refractivity contribution < 1.29 is 21.6 Å². The van der Waals surface area contributed by atoms with E-state index in [9.17, 15) is 21.6 Å². The molecule has 10 heteroatoms. The van der Waals surface area contributed by atoms with E-state index in [1.165, 1.54) is 4.90 Å². The standard InChI is InChI=1S/C10H13F3N4O2S/c11-10(12,13)6-1-2-7(14)8(9(6)20(15,18)19)17-4-3-16-5-17/h1-2,16H,3-5,14H2,(H2,15,18,19). The predicted octanol–water partition coefficient (Wildman–Crippen LogP) is 0.302.